The standard InChI is InChI=1S/C18H24N2O4S/c1-20(2)15-7-5-14(6-8-15)11-12-19-25(21,22)18-10-9-16(23-3)13-17(18)24-4/h5-10,13,19H,11-12H2,1-4H3. The number of anilines is 1. The quantitative estimate of drug-likeness (QED) is 0.778. The maximum atomic E-state index is 12.5. The van der Waals surface area contributed by atoms with Gasteiger partial charge in [-0.2, -0.15) is 0 Å². The summed E-state index contributed by atoms with van der Waals surface area (Å²) < 4.78 is 37.9. The Morgan fingerprint density at radius 3 is 2.24 bits per heavy atom. The maximum Gasteiger partial charge on any atom is 0.244 e. The highest BCUT2D eigenvalue weighted by Crippen LogP contribution is 2.28. The van der Waals surface area contributed by atoms with Gasteiger partial charge in [-0.05, 0) is 36.2 Å². The van der Waals surface area contributed by atoms with E-state index < -0.39 is 10.0 Å². The fraction of sp³-hybridized carbons (Fsp3) is 0.333. The molecule has 0 spiro atoms. The van der Waals surface area contributed by atoms with Crippen molar-refractivity contribution in [2.45, 2.75) is 11.3 Å². The molecule has 7 heteroatoms. The number of nitrogens with zero attached hydrogens (tertiary/aromatic N) is 1. The molecule has 1 N–H and O–H groups in total. The number of hydrogen-bond acceptors (Lipinski definition) is 5. The zero-order valence-corrected chi connectivity index (χ0v) is 15.8. The van der Waals surface area contributed by atoms with Crippen LogP contribution in [-0.2, 0) is 16.4 Å². The molecule has 0 unspecified atom stereocenters. The molecular formula is C18H24N2O4S. The SMILES string of the molecule is COc1ccc(S(=O)(=O)NCCc2ccc(N(C)C)cc2)c(OC)c1. The number of methoxy groups -OCH3 is 2. The van der Waals surface area contributed by atoms with Gasteiger partial charge in [0.2, 0.25) is 10.0 Å². The van der Waals surface area contributed by atoms with Crippen LogP contribution in [0.4, 0.5) is 5.69 Å². The van der Waals surface area contributed by atoms with E-state index in [0.29, 0.717) is 18.7 Å². The van der Waals surface area contributed by atoms with Crippen LogP contribution in [0.15, 0.2) is 47.4 Å². The van der Waals surface area contributed by atoms with Gasteiger partial charge >= 0.3 is 0 Å². The third-order valence-corrected chi connectivity index (χ3v) is 5.32. The smallest absolute Gasteiger partial charge is 0.244 e. The lowest BCUT2D eigenvalue weighted by Crippen LogP contribution is -2.26. The molecule has 0 fully saturated rings. The van der Waals surface area contributed by atoms with E-state index in [4.69, 9.17) is 9.47 Å². The molecule has 136 valence electrons. The van der Waals surface area contributed by atoms with Gasteiger partial charge in [-0.15, -0.1) is 0 Å². The second kappa shape index (κ2) is 8.22. The number of rotatable bonds is 8. The first-order valence-corrected chi connectivity index (χ1v) is 9.33. The number of benzene rings is 2. The number of ether oxygens (including phenoxy) is 2. The van der Waals surface area contributed by atoms with Crippen LogP contribution in [0.1, 0.15) is 5.56 Å². The maximum absolute atomic E-state index is 12.5. The largest absolute Gasteiger partial charge is 0.497 e. The van der Waals surface area contributed by atoms with Crippen molar-refractivity contribution >= 4 is 15.7 Å². The Bertz CT molecular complexity index is 802. The van der Waals surface area contributed by atoms with Crippen molar-refractivity contribution in [1.29, 1.82) is 0 Å². The van der Waals surface area contributed by atoms with Crippen LogP contribution in [0, 0.1) is 0 Å². The first kappa shape index (κ1) is 19.1. The molecule has 2 rings (SSSR count). The van der Waals surface area contributed by atoms with E-state index in [9.17, 15) is 8.42 Å². The molecule has 0 aromatic heterocycles. The van der Waals surface area contributed by atoms with Gasteiger partial charge in [-0.1, -0.05) is 12.1 Å². The molecule has 0 aliphatic heterocycles. The highest BCUT2D eigenvalue weighted by Gasteiger charge is 2.19. The summed E-state index contributed by atoms with van der Waals surface area (Å²) in [7, 11) is 3.24. The van der Waals surface area contributed by atoms with E-state index in [1.165, 1.54) is 20.3 Å². The number of nitrogens with one attached hydrogen (secondary N) is 1. The third kappa shape index (κ3) is 4.87. The molecule has 0 aliphatic rings. The molecule has 0 atom stereocenters. The molecule has 0 aliphatic carbocycles. The van der Waals surface area contributed by atoms with Gasteiger partial charge in [-0.25, -0.2) is 13.1 Å². The van der Waals surface area contributed by atoms with Gasteiger partial charge in [0.15, 0.2) is 0 Å². The minimum atomic E-state index is -3.66. The van der Waals surface area contributed by atoms with Gasteiger partial charge in [0.25, 0.3) is 0 Å². The zero-order valence-electron chi connectivity index (χ0n) is 14.9. The summed E-state index contributed by atoms with van der Waals surface area (Å²) in [5.41, 5.74) is 2.17. The summed E-state index contributed by atoms with van der Waals surface area (Å²) in [5.74, 6) is 0.791. The first-order chi connectivity index (χ1) is 11.9. The van der Waals surface area contributed by atoms with Crippen LogP contribution in [0.2, 0.25) is 0 Å². The summed E-state index contributed by atoms with van der Waals surface area (Å²) in [4.78, 5) is 2.11. The molecule has 2 aromatic carbocycles. The van der Waals surface area contributed by atoms with Crippen molar-refractivity contribution in [2.75, 3.05) is 39.8 Å². The molecule has 0 bridgehead atoms. The lowest BCUT2D eigenvalue weighted by molar-refractivity contribution is 0.386. The van der Waals surface area contributed by atoms with Gasteiger partial charge in [-0.3, -0.25) is 0 Å². The topological polar surface area (TPSA) is 67.9 Å². The Morgan fingerprint density at radius 2 is 1.68 bits per heavy atom. The first-order valence-electron chi connectivity index (χ1n) is 7.85. The fourth-order valence-electron chi connectivity index (χ4n) is 2.37. The van der Waals surface area contributed by atoms with Crippen LogP contribution in [0.3, 0.4) is 0 Å². The van der Waals surface area contributed by atoms with E-state index in [1.807, 2.05) is 43.3 Å². The van der Waals surface area contributed by atoms with Crippen molar-refractivity contribution in [3.8, 4) is 11.5 Å². The van der Waals surface area contributed by atoms with Crippen molar-refractivity contribution < 1.29 is 17.9 Å². The third-order valence-electron chi connectivity index (χ3n) is 3.82. The van der Waals surface area contributed by atoms with Crippen LogP contribution >= 0.6 is 0 Å². The average molecular weight is 364 g/mol. The van der Waals surface area contributed by atoms with E-state index in [0.717, 1.165) is 11.3 Å². The Labute approximate surface area is 149 Å². The lowest BCUT2D eigenvalue weighted by Gasteiger charge is -2.13. The molecule has 0 saturated heterocycles. The summed E-state index contributed by atoms with van der Waals surface area (Å²) in [5, 5.41) is 0. The molecular weight excluding hydrogens is 340 g/mol. The van der Waals surface area contributed by atoms with Crippen molar-refractivity contribution in [3.05, 3.63) is 48.0 Å². The zero-order chi connectivity index (χ0) is 18.4. The van der Waals surface area contributed by atoms with Crippen LogP contribution in [0.5, 0.6) is 11.5 Å². The predicted molar refractivity (Wildman–Crippen MR) is 99.2 cm³/mol. The van der Waals surface area contributed by atoms with Crippen molar-refractivity contribution in [1.82, 2.24) is 4.72 Å². The summed E-state index contributed by atoms with van der Waals surface area (Å²) in [6, 6.07) is 12.6. The van der Waals surface area contributed by atoms with Crippen LogP contribution in [0.25, 0.3) is 0 Å². The molecule has 6 nitrogen and oxygen atoms in total. The minimum absolute atomic E-state index is 0.0961. The average Bonchev–Trinajstić information content (AvgIpc) is 2.61. The van der Waals surface area contributed by atoms with E-state index >= 15 is 0 Å². The van der Waals surface area contributed by atoms with Crippen molar-refractivity contribution in [2.24, 2.45) is 0 Å². The highest BCUT2D eigenvalue weighted by atomic mass is 32.2. The van der Waals surface area contributed by atoms with E-state index in [-0.39, 0.29) is 10.6 Å². The minimum Gasteiger partial charge on any atom is -0.497 e. The van der Waals surface area contributed by atoms with Crippen LogP contribution < -0.4 is 19.1 Å². The molecule has 25 heavy (non-hydrogen) atoms. The van der Waals surface area contributed by atoms with E-state index in [2.05, 4.69) is 4.72 Å². The number of sulfonamides is 1. The second-order valence-corrected chi connectivity index (χ2v) is 7.46. The second-order valence-electron chi connectivity index (χ2n) is 5.73. The Kier molecular flexibility index (Phi) is 6.27. The molecule has 0 saturated carbocycles. The molecule has 2 aromatic rings. The Morgan fingerprint density at radius 1 is 1.00 bits per heavy atom. The van der Waals surface area contributed by atoms with Crippen LogP contribution in [-0.4, -0.2) is 43.3 Å². The number of hydrogen-bond donors (Lipinski definition) is 1. The normalized spacial score (nSPS) is 11.2. The van der Waals surface area contributed by atoms with Gasteiger partial charge < -0.3 is 14.4 Å². The summed E-state index contributed by atoms with van der Waals surface area (Å²) in [6.07, 6.45) is 0.603. The Balaban J connectivity index is 2.04. The van der Waals surface area contributed by atoms with Gasteiger partial charge in [0.05, 0.1) is 14.2 Å². The summed E-state index contributed by atoms with van der Waals surface area (Å²) in [6.45, 7) is 0.304. The fourth-order valence-corrected chi connectivity index (χ4v) is 3.55. The summed E-state index contributed by atoms with van der Waals surface area (Å²) >= 11 is 0. The van der Waals surface area contributed by atoms with E-state index in [1.54, 1.807) is 12.1 Å². The lowest BCUT2D eigenvalue weighted by atomic mass is 10.1. The highest BCUT2D eigenvalue weighted by molar-refractivity contribution is 7.89. The monoisotopic (exact) mass is 364 g/mol. The van der Waals surface area contributed by atoms with Gasteiger partial charge in [0.1, 0.15) is 16.4 Å². The predicted octanol–water partition coefficient (Wildman–Crippen LogP) is 2.29. The van der Waals surface area contributed by atoms with Crippen molar-refractivity contribution in [3.63, 3.8) is 0 Å². The van der Waals surface area contributed by atoms with Gasteiger partial charge in [0, 0.05) is 32.4 Å². The Hall–Kier alpha value is -2.25. The molecule has 0 heterocycles. The molecule has 0 amide bonds. The molecule has 0 radical (unpaired) electrons.